The highest BCUT2D eigenvalue weighted by Crippen LogP contribution is 2.15. The smallest absolute Gasteiger partial charge is 0.322 e. The third kappa shape index (κ3) is 7.14. The SMILES string of the molecule is CCCCc1nc(CCCC)n(Cc2ccc(S(=O)(=O)N[C@H](C(=O)O)C(C)C)cc2)n1. The third-order valence-electron chi connectivity index (χ3n) is 5.08. The second-order valence-corrected chi connectivity index (χ2v) is 9.85. The van der Waals surface area contributed by atoms with Crippen LogP contribution in [0.15, 0.2) is 29.2 Å². The first kappa shape index (κ1) is 25.0. The number of unbranched alkanes of at least 4 members (excludes halogenated alkanes) is 2. The Morgan fingerprint density at radius 3 is 2.26 bits per heavy atom. The van der Waals surface area contributed by atoms with Crippen LogP contribution in [-0.4, -0.2) is 40.3 Å². The van der Waals surface area contributed by atoms with E-state index >= 15 is 0 Å². The number of aryl methyl sites for hydroxylation is 2. The van der Waals surface area contributed by atoms with Crippen LogP contribution in [0.5, 0.6) is 0 Å². The van der Waals surface area contributed by atoms with Gasteiger partial charge in [0.05, 0.1) is 11.4 Å². The molecule has 0 aliphatic rings. The molecule has 1 atom stereocenters. The first-order valence-corrected chi connectivity index (χ1v) is 12.4. The summed E-state index contributed by atoms with van der Waals surface area (Å²) in [7, 11) is -3.93. The molecule has 0 spiro atoms. The van der Waals surface area contributed by atoms with Crippen molar-refractivity contribution in [2.45, 2.75) is 83.7 Å². The third-order valence-corrected chi connectivity index (χ3v) is 6.54. The van der Waals surface area contributed by atoms with Crippen molar-refractivity contribution in [3.05, 3.63) is 41.5 Å². The van der Waals surface area contributed by atoms with Crippen molar-refractivity contribution < 1.29 is 18.3 Å². The molecule has 0 amide bonds. The summed E-state index contributed by atoms with van der Waals surface area (Å²) in [5.41, 5.74) is 0.905. The van der Waals surface area contributed by atoms with E-state index < -0.39 is 22.0 Å². The molecule has 0 aliphatic heterocycles. The Hall–Kier alpha value is -2.26. The number of benzene rings is 1. The Morgan fingerprint density at radius 2 is 1.71 bits per heavy atom. The van der Waals surface area contributed by atoms with Gasteiger partial charge in [-0.05, 0) is 36.5 Å². The molecule has 1 aromatic heterocycles. The molecule has 0 unspecified atom stereocenters. The van der Waals surface area contributed by atoms with Crippen LogP contribution in [0.25, 0.3) is 0 Å². The summed E-state index contributed by atoms with van der Waals surface area (Å²) < 4.78 is 29.4. The van der Waals surface area contributed by atoms with Gasteiger partial charge in [0.2, 0.25) is 10.0 Å². The molecule has 1 aromatic carbocycles. The van der Waals surface area contributed by atoms with Crippen LogP contribution in [0.3, 0.4) is 0 Å². The Bertz CT molecular complexity index is 952. The quantitative estimate of drug-likeness (QED) is 0.483. The van der Waals surface area contributed by atoms with Crippen LogP contribution in [0.2, 0.25) is 0 Å². The minimum atomic E-state index is -3.93. The van der Waals surface area contributed by atoms with Gasteiger partial charge in [-0.2, -0.15) is 9.82 Å². The predicted molar refractivity (Wildman–Crippen MR) is 119 cm³/mol. The minimum Gasteiger partial charge on any atom is -0.480 e. The molecule has 172 valence electrons. The summed E-state index contributed by atoms with van der Waals surface area (Å²) in [4.78, 5) is 16.1. The standard InChI is InChI=1S/C22H34N4O4S/c1-5-7-9-19-23-20(10-8-6-2)26(24-19)15-17-11-13-18(14-12-17)31(29,30)25-21(16(3)4)22(27)28/h11-14,16,21,25H,5-10,15H2,1-4H3,(H,27,28)/t21-/m0/s1. The van der Waals surface area contributed by atoms with Crippen LogP contribution in [0.1, 0.15) is 70.6 Å². The van der Waals surface area contributed by atoms with E-state index in [4.69, 9.17) is 4.98 Å². The second kappa shape index (κ2) is 11.4. The normalized spacial score (nSPS) is 12.9. The first-order chi connectivity index (χ1) is 14.7. The first-order valence-electron chi connectivity index (χ1n) is 10.9. The molecule has 8 nitrogen and oxygen atoms in total. The zero-order chi connectivity index (χ0) is 23.0. The number of carbonyl (C=O) groups is 1. The highest BCUT2D eigenvalue weighted by molar-refractivity contribution is 7.89. The van der Waals surface area contributed by atoms with Crippen molar-refractivity contribution in [2.75, 3.05) is 0 Å². The van der Waals surface area contributed by atoms with Gasteiger partial charge in [-0.3, -0.25) is 4.79 Å². The highest BCUT2D eigenvalue weighted by Gasteiger charge is 2.28. The van der Waals surface area contributed by atoms with Gasteiger partial charge in [0.25, 0.3) is 0 Å². The molecule has 0 radical (unpaired) electrons. The van der Waals surface area contributed by atoms with Gasteiger partial charge in [0, 0.05) is 12.8 Å². The number of sulfonamides is 1. The lowest BCUT2D eigenvalue weighted by molar-refractivity contribution is -0.140. The van der Waals surface area contributed by atoms with Crippen LogP contribution in [0, 0.1) is 5.92 Å². The van der Waals surface area contributed by atoms with Crippen molar-refractivity contribution >= 4 is 16.0 Å². The minimum absolute atomic E-state index is 0.0385. The predicted octanol–water partition coefficient (Wildman–Crippen LogP) is 3.40. The van der Waals surface area contributed by atoms with Crippen LogP contribution >= 0.6 is 0 Å². The average molecular weight is 451 g/mol. The van der Waals surface area contributed by atoms with Crippen LogP contribution in [-0.2, 0) is 34.2 Å². The maximum absolute atomic E-state index is 12.6. The molecule has 2 rings (SSSR count). The molecule has 1 heterocycles. The van der Waals surface area contributed by atoms with Gasteiger partial charge in [0.15, 0.2) is 5.82 Å². The number of nitrogens with one attached hydrogen (secondary N) is 1. The molecule has 0 saturated heterocycles. The number of nitrogens with zero attached hydrogens (tertiary/aromatic N) is 3. The van der Waals surface area contributed by atoms with Crippen LogP contribution in [0.4, 0.5) is 0 Å². The lowest BCUT2D eigenvalue weighted by atomic mass is 10.1. The van der Waals surface area contributed by atoms with E-state index in [2.05, 4.69) is 23.7 Å². The monoisotopic (exact) mass is 450 g/mol. The summed E-state index contributed by atoms with van der Waals surface area (Å²) in [6, 6.07) is 5.28. The van der Waals surface area contributed by atoms with Gasteiger partial charge in [-0.25, -0.2) is 18.1 Å². The molecule has 2 aromatic rings. The fraction of sp³-hybridized carbons (Fsp3) is 0.591. The molecule has 0 fully saturated rings. The van der Waals surface area contributed by atoms with E-state index in [1.54, 1.807) is 26.0 Å². The lowest BCUT2D eigenvalue weighted by Gasteiger charge is -2.18. The van der Waals surface area contributed by atoms with Gasteiger partial charge in [-0.15, -0.1) is 0 Å². The Morgan fingerprint density at radius 1 is 1.10 bits per heavy atom. The van der Waals surface area contributed by atoms with E-state index in [0.29, 0.717) is 6.54 Å². The average Bonchev–Trinajstić information content (AvgIpc) is 3.10. The number of hydrogen-bond acceptors (Lipinski definition) is 5. The van der Waals surface area contributed by atoms with Crippen molar-refractivity contribution in [3.63, 3.8) is 0 Å². The highest BCUT2D eigenvalue weighted by atomic mass is 32.2. The topological polar surface area (TPSA) is 114 Å². The number of aliphatic carboxylic acids is 1. The molecule has 0 bridgehead atoms. The number of hydrogen-bond donors (Lipinski definition) is 2. The van der Waals surface area contributed by atoms with Gasteiger partial charge >= 0.3 is 5.97 Å². The van der Waals surface area contributed by atoms with E-state index in [-0.39, 0.29) is 10.8 Å². The maximum atomic E-state index is 12.6. The summed E-state index contributed by atoms with van der Waals surface area (Å²) in [5.74, 6) is 0.236. The summed E-state index contributed by atoms with van der Waals surface area (Å²) in [6.07, 6.45) is 5.95. The lowest BCUT2D eigenvalue weighted by Crippen LogP contribution is -2.44. The summed E-state index contributed by atoms with van der Waals surface area (Å²) in [6.45, 7) is 8.11. The second-order valence-electron chi connectivity index (χ2n) is 8.13. The zero-order valence-corrected chi connectivity index (χ0v) is 19.7. The van der Waals surface area contributed by atoms with Crippen molar-refractivity contribution in [3.8, 4) is 0 Å². The fourth-order valence-corrected chi connectivity index (χ4v) is 4.50. The maximum Gasteiger partial charge on any atom is 0.322 e. The van der Waals surface area contributed by atoms with Gasteiger partial charge < -0.3 is 5.11 Å². The number of carboxylic acids is 1. The van der Waals surface area contributed by atoms with E-state index in [0.717, 1.165) is 55.7 Å². The van der Waals surface area contributed by atoms with Crippen molar-refractivity contribution in [1.82, 2.24) is 19.5 Å². The van der Waals surface area contributed by atoms with Crippen molar-refractivity contribution in [2.24, 2.45) is 5.92 Å². The molecule has 9 heteroatoms. The molecule has 0 saturated carbocycles. The molecule has 31 heavy (non-hydrogen) atoms. The van der Waals surface area contributed by atoms with Crippen LogP contribution < -0.4 is 4.72 Å². The molecule has 2 N–H and O–H groups in total. The van der Waals surface area contributed by atoms with Gasteiger partial charge in [-0.1, -0.05) is 52.7 Å². The summed E-state index contributed by atoms with van der Waals surface area (Å²) in [5, 5.41) is 13.9. The fourth-order valence-electron chi connectivity index (χ4n) is 3.17. The molecular weight excluding hydrogens is 416 g/mol. The summed E-state index contributed by atoms with van der Waals surface area (Å²) >= 11 is 0. The Labute approximate surface area is 185 Å². The van der Waals surface area contributed by atoms with E-state index in [1.165, 1.54) is 12.1 Å². The largest absolute Gasteiger partial charge is 0.480 e. The number of carboxylic acid groups (broad SMARTS) is 1. The Balaban J connectivity index is 2.18. The van der Waals surface area contributed by atoms with E-state index in [9.17, 15) is 18.3 Å². The molecule has 0 aliphatic carbocycles. The zero-order valence-electron chi connectivity index (χ0n) is 18.8. The van der Waals surface area contributed by atoms with Crippen molar-refractivity contribution in [1.29, 1.82) is 0 Å². The molecular formula is C22H34N4O4S. The van der Waals surface area contributed by atoms with E-state index in [1.807, 2.05) is 4.68 Å². The Kier molecular flexibility index (Phi) is 9.18. The number of rotatable bonds is 13. The van der Waals surface area contributed by atoms with Gasteiger partial charge in [0.1, 0.15) is 11.9 Å². The number of aromatic nitrogens is 3.